The molecule has 0 aromatic carbocycles. The molecule has 8 N–H and O–H groups in total. The number of nitrogens with two attached hydrogens (primary N) is 4. The highest BCUT2D eigenvalue weighted by Crippen LogP contribution is 2.14. The summed E-state index contributed by atoms with van der Waals surface area (Å²) in [4.78, 5) is 0. The van der Waals surface area contributed by atoms with Crippen molar-refractivity contribution < 1.29 is 0 Å². The molecule has 0 aliphatic rings. The lowest BCUT2D eigenvalue weighted by molar-refractivity contribution is 0.264. The zero-order chi connectivity index (χ0) is 11.6. The molecule has 0 fully saturated rings. The van der Waals surface area contributed by atoms with Gasteiger partial charge in [0.25, 0.3) is 0 Å². The van der Waals surface area contributed by atoms with E-state index in [2.05, 4.69) is 10.2 Å². The molecular formula is C8H22N6. The van der Waals surface area contributed by atoms with Crippen LogP contribution in [0.3, 0.4) is 0 Å². The van der Waals surface area contributed by atoms with E-state index in [1.807, 2.05) is 27.7 Å². The lowest BCUT2D eigenvalue weighted by Crippen LogP contribution is -2.55. The molecular weight excluding hydrogens is 180 g/mol. The first-order chi connectivity index (χ1) is 6.09. The van der Waals surface area contributed by atoms with Gasteiger partial charge in [-0.15, -0.1) is 0 Å². The topological polar surface area (TPSA) is 129 Å². The van der Waals surface area contributed by atoms with Crippen LogP contribution in [0.1, 0.15) is 27.7 Å². The predicted octanol–water partition coefficient (Wildman–Crippen LogP) is -0.107. The summed E-state index contributed by atoms with van der Waals surface area (Å²) < 4.78 is 0. The fourth-order valence-electron chi connectivity index (χ4n) is 0.404. The van der Waals surface area contributed by atoms with Crippen molar-refractivity contribution in [3.63, 3.8) is 0 Å². The van der Waals surface area contributed by atoms with Crippen molar-refractivity contribution in [3.8, 4) is 0 Å². The maximum absolute atomic E-state index is 5.67. The average molecular weight is 202 g/mol. The zero-order valence-corrected chi connectivity index (χ0v) is 9.36. The Hall–Kier alpha value is -0.560. The maximum atomic E-state index is 5.67. The number of nitrogens with zero attached hydrogens (tertiary/aromatic N) is 2. The third kappa shape index (κ3) is 3.67. The second kappa shape index (κ2) is 4.31. The summed E-state index contributed by atoms with van der Waals surface area (Å²) in [5.41, 5.74) is 22.7. The van der Waals surface area contributed by atoms with Gasteiger partial charge >= 0.3 is 0 Å². The van der Waals surface area contributed by atoms with Crippen molar-refractivity contribution in [1.29, 1.82) is 0 Å². The standard InChI is InChI=1S/C8H22N6/c1-5(2)7(9,10)13-14-8(11,12)6(3)4/h5-6H,9-12H2,1-4H3. The van der Waals surface area contributed by atoms with Crippen LogP contribution in [0.2, 0.25) is 0 Å². The van der Waals surface area contributed by atoms with Crippen LogP contribution in [0, 0.1) is 11.8 Å². The van der Waals surface area contributed by atoms with Crippen LogP contribution in [0.15, 0.2) is 10.2 Å². The summed E-state index contributed by atoms with van der Waals surface area (Å²) in [5, 5.41) is 7.56. The monoisotopic (exact) mass is 202 g/mol. The summed E-state index contributed by atoms with van der Waals surface area (Å²) >= 11 is 0. The quantitative estimate of drug-likeness (QED) is 0.374. The molecule has 0 heterocycles. The van der Waals surface area contributed by atoms with Gasteiger partial charge in [0.05, 0.1) is 0 Å². The number of hydrogen-bond acceptors (Lipinski definition) is 6. The molecule has 0 radical (unpaired) electrons. The summed E-state index contributed by atoms with van der Waals surface area (Å²) in [6.07, 6.45) is 0. The first-order valence-corrected chi connectivity index (χ1v) is 4.69. The molecule has 6 heteroatoms. The molecule has 0 aliphatic carbocycles. The van der Waals surface area contributed by atoms with E-state index in [-0.39, 0.29) is 11.8 Å². The van der Waals surface area contributed by atoms with Gasteiger partial charge < -0.3 is 0 Å². The van der Waals surface area contributed by atoms with Crippen molar-refractivity contribution in [2.75, 3.05) is 0 Å². The van der Waals surface area contributed by atoms with Crippen molar-refractivity contribution >= 4 is 0 Å². The lowest BCUT2D eigenvalue weighted by Gasteiger charge is -2.27. The highest BCUT2D eigenvalue weighted by molar-refractivity contribution is 4.80. The van der Waals surface area contributed by atoms with Gasteiger partial charge in [0.15, 0.2) is 11.6 Å². The predicted molar refractivity (Wildman–Crippen MR) is 56.7 cm³/mol. The van der Waals surface area contributed by atoms with Crippen LogP contribution in [0.4, 0.5) is 0 Å². The van der Waals surface area contributed by atoms with Crippen molar-refractivity contribution in [1.82, 2.24) is 0 Å². The molecule has 0 spiro atoms. The third-order valence-corrected chi connectivity index (χ3v) is 2.25. The summed E-state index contributed by atoms with van der Waals surface area (Å²) in [7, 11) is 0. The van der Waals surface area contributed by atoms with Gasteiger partial charge in [-0.05, 0) is 0 Å². The maximum Gasteiger partial charge on any atom is 0.182 e. The van der Waals surface area contributed by atoms with Crippen LogP contribution in [-0.4, -0.2) is 11.6 Å². The van der Waals surface area contributed by atoms with Crippen LogP contribution < -0.4 is 22.9 Å². The minimum Gasteiger partial charge on any atom is -0.293 e. The molecule has 0 bridgehead atoms. The Bertz CT molecular complexity index is 184. The molecule has 0 rings (SSSR count). The number of azo groups is 1. The molecule has 0 unspecified atom stereocenters. The van der Waals surface area contributed by atoms with Crippen LogP contribution in [-0.2, 0) is 0 Å². The van der Waals surface area contributed by atoms with Crippen molar-refractivity contribution in [3.05, 3.63) is 0 Å². The Morgan fingerprint density at radius 3 is 1.07 bits per heavy atom. The van der Waals surface area contributed by atoms with E-state index in [1.165, 1.54) is 0 Å². The van der Waals surface area contributed by atoms with E-state index in [0.717, 1.165) is 0 Å². The van der Waals surface area contributed by atoms with Gasteiger partial charge in [0.1, 0.15) is 0 Å². The molecule has 0 aliphatic heterocycles. The minimum absolute atomic E-state index is 0.0331. The second-order valence-corrected chi connectivity index (χ2v) is 4.28. The highest BCUT2D eigenvalue weighted by Gasteiger charge is 2.27. The van der Waals surface area contributed by atoms with E-state index < -0.39 is 11.6 Å². The van der Waals surface area contributed by atoms with E-state index in [9.17, 15) is 0 Å². The molecule has 0 saturated heterocycles. The van der Waals surface area contributed by atoms with E-state index in [0.29, 0.717) is 0 Å². The summed E-state index contributed by atoms with van der Waals surface area (Å²) in [6, 6.07) is 0. The van der Waals surface area contributed by atoms with E-state index >= 15 is 0 Å². The normalized spacial score (nSPS) is 14.7. The Labute approximate surface area is 85.1 Å². The van der Waals surface area contributed by atoms with Crippen molar-refractivity contribution in [2.45, 2.75) is 39.3 Å². The number of hydrogen-bond donors (Lipinski definition) is 4. The first-order valence-electron chi connectivity index (χ1n) is 4.69. The van der Waals surface area contributed by atoms with Gasteiger partial charge in [0.2, 0.25) is 0 Å². The third-order valence-electron chi connectivity index (χ3n) is 2.25. The van der Waals surface area contributed by atoms with Crippen LogP contribution >= 0.6 is 0 Å². The molecule has 0 saturated carbocycles. The van der Waals surface area contributed by atoms with Gasteiger partial charge in [-0.25, -0.2) is 0 Å². The fraction of sp³-hybridized carbons (Fsp3) is 1.00. The summed E-state index contributed by atoms with van der Waals surface area (Å²) in [6.45, 7) is 7.40. The molecule has 0 aromatic rings. The van der Waals surface area contributed by atoms with Crippen LogP contribution in [0.25, 0.3) is 0 Å². The molecule has 0 aromatic heterocycles. The Morgan fingerprint density at radius 2 is 0.929 bits per heavy atom. The van der Waals surface area contributed by atoms with Crippen molar-refractivity contribution in [2.24, 2.45) is 45.0 Å². The Balaban J connectivity index is 4.59. The molecule has 0 amide bonds. The molecule has 84 valence electrons. The zero-order valence-electron chi connectivity index (χ0n) is 9.36. The smallest absolute Gasteiger partial charge is 0.182 e. The molecule has 6 nitrogen and oxygen atoms in total. The first kappa shape index (κ1) is 13.4. The average Bonchev–Trinajstić information content (AvgIpc) is 2.01. The van der Waals surface area contributed by atoms with E-state index in [4.69, 9.17) is 22.9 Å². The van der Waals surface area contributed by atoms with Crippen LogP contribution in [0.5, 0.6) is 0 Å². The highest BCUT2D eigenvalue weighted by atomic mass is 15.4. The summed E-state index contributed by atoms with van der Waals surface area (Å²) in [5.74, 6) is -2.49. The van der Waals surface area contributed by atoms with Gasteiger partial charge in [-0.2, -0.15) is 10.2 Å². The van der Waals surface area contributed by atoms with E-state index in [1.54, 1.807) is 0 Å². The second-order valence-electron chi connectivity index (χ2n) is 4.28. The number of rotatable bonds is 4. The minimum atomic E-state index is -1.21. The van der Waals surface area contributed by atoms with Gasteiger partial charge in [-0.1, -0.05) is 27.7 Å². The Kier molecular flexibility index (Phi) is 4.14. The Morgan fingerprint density at radius 1 is 0.714 bits per heavy atom. The lowest BCUT2D eigenvalue weighted by atomic mass is 10.1. The molecule has 14 heavy (non-hydrogen) atoms. The fourth-order valence-corrected chi connectivity index (χ4v) is 0.404. The van der Waals surface area contributed by atoms with Gasteiger partial charge in [-0.3, -0.25) is 22.9 Å². The molecule has 0 atom stereocenters. The van der Waals surface area contributed by atoms with Gasteiger partial charge in [0, 0.05) is 11.8 Å². The SMILES string of the molecule is CC(C)C(N)(N)N=NC(N)(N)C(C)C. The largest absolute Gasteiger partial charge is 0.293 e.